The lowest BCUT2D eigenvalue weighted by Crippen LogP contribution is -2.37. The maximum absolute atomic E-state index is 4.39. The Morgan fingerprint density at radius 1 is 1.40 bits per heavy atom. The van der Waals surface area contributed by atoms with Crippen molar-refractivity contribution in [2.24, 2.45) is 7.05 Å². The highest BCUT2D eigenvalue weighted by atomic mass is 15.2. The van der Waals surface area contributed by atoms with Crippen LogP contribution in [-0.4, -0.2) is 34.6 Å². The molecule has 0 fully saturated rings. The predicted octanol–water partition coefficient (Wildman–Crippen LogP) is 1.74. The van der Waals surface area contributed by atoms with Crippen LogP contribution in [0.5, 0.6) is 0 Å². The zero-order valence-corrected chi connectivity index (χ0v) is 12.2. The molecular weight excluding hydrogens is 248 g/mol. The summed E-state index contributed by atoms with van der Waals surface area (Å²) >= 11 is 0. The lowest BCUT2D eigenvalue weighted by Gasteiger charge is -2.30. The van der Waals surface area contributed by atoms with Crippen molar-refractivity contribution in [2.75, 3.05) is 20.1 Å². The van der Waals surface area contributed by atoms with Gasteiger partial charge >= 0.3 is 0 Å². The van der Waals surface area contributed by atoms with Gasteiger partial charge in [-0.25, -0.2) is 4.98 Å². The van der Waals surface area contributed by atoms with Crippen LogP contribution in [0.1, 0.15) is 23.0 Å². The highest BCUT2D eigenvalue weighted by Crippen LogP contribution is 2.23. The SMILES string of the molecule is CN(Cc1nccn1C)CC1NCCc2ccccc21. The third-order valence-corrected chi connectivity index (χ3v) is 4.04. The van der Waals surface area contributed by atoms with Crippen molar-refractivity contribution < 1.29 is 0 Å². The second kappa shape index (κ2) is 5.77. The van der Waals surface area contributed by atoms with E-state index in [0.717, 1.165) is 31.9 Å². The van der Waals surface area contributed by atoms with Crippen LogP contribution in [0, 0.1) is 0 Å². The molecule has 0 aliphatic carbocycles. The van der Waals surface area contributed by atoms with Gasteiger partial charge in [-0.15, -0.1) is 0 Å². The summed E-state index contributed by atoms with van der Waals surface area (Å²) in [7, 11) is 4.21. The van der Waals surface area contributed by atoms with Crippen molar-refractivity contribution in [2.45, 2.75) is 19.0 Å². The molecule has 1 atom stereocenters. The first kappa shape index (κ1) is 13.3. The van der Waals surface area contributed by atoms with E-state index in [9.17, 15) is 0 Å². The second-order valence-corrected chi connectivity index (χ2v) is 5.61. The van der Waals surface area contributed by atoms with Crippen LogP contribution >= 0.6 is 0 Å². The number of nitrogens with zero attached hydrogens (tertiary/aromatic N) is 3. The minimum Gasteiger partial charge on any atom is -0.337 e. The fourth-order valence-corrected chi connectivity index (χ4v) is 2.92. The molecule has 1 unspecified atom stereocenters. The standard InChI is InChI=1S/C16H22N4/c1-19(12-16-18-9-10-20(16)2)11-15-14-6-4-3-5-13(14)7-8-17-15/h3-6,9-10,15,17H,7-8,11-12H2,1-2H3. The lowest BCUT2D eigenvalue weighted by atomic mass is 9.94. The van der Waals surface area contributed by atoms with Gasteiger partial charge in [-0.05, 0) is 31.1 Å². The molecule has 0 saturated carbocycles. The second-order valence-electron chi connectivity index (χ2n) is 5.61. The average molecular weight is 270 g/mol. The summed E-state index contributed by atoms with van der Waals surface area (Å²) in [5, 5.41) is 3.63. The Balaban J connectivity index is 1.68. The highest BCUT2D eigenvalue weighted by Gasteiger charge is 2.20. The van der Waals surface area contributed by atoms with Gasteiger partial charge in [-0.1, -0.05) is 24.3 Å². The molecule has 1 aliphatic heterocycles. The normalized spacial score (nSPS) is 18.2. The van der Waals surface area contributed by atoms with E-state index in [1.807, 2.05) is 19.4 Å². The van der Waals surface area contributed by atoms with Crippen LogP contribution in [0.4, 0.5) is 0 Å². The quantitative estimate of drug-likeness (QED) is 0.918. The number of imidazole rings is 1. The number of aromatic nitrogens is 2. The van der Waals surface area contributed by atoms with Crippen LogP contribution in [0.15, 0.2) is 36.7 Å². The van der Waals surface area contributed by atoms with E-state index in [0.29, 0.717) is 6.04 Å². The maximum Gasteiger partial charge on any atom is 0.122 e. The zero-order chi connectivity index (χ0) is 13.9. The molecule has 4 nitrogen and oxygen atoms in total. The van der Waals surface area contributed by atoms with Gasteiger partial charge in [-0.2, -0.15) is 0 Å². The summed E-state index contributed by atoms with van der Waals surface area (Å²) in [5.74, 6) is 1.11. The van der Waals surface area contributed by atoms with Crippen LogP contribution in [-0.2, 0) is 20.0 Å². The molecule has 0 saturated heterocycles. The number of nitrogens with one attached hydrogen (secondary N) is 1. The van der Waals surface area contributed by atoms with E-state index in [2.05, 4.69) is 51.1 Å². The molecule has 2 heterocycles. The van der Waals surface area contributed by atoms with Gasteiger partial charge in [0, 0.05) is 32.0 Å². The molecule has 1 aromatic carbocycles. The van der Waals surface area contributed by atoms with Crippen molar-refractivity contribution in [3.05, 3.63) is 53.6 Å². The first-order valence-corrected chi connectivity index (χ1v) is 7.20. The van der Waals surface area contributed by atoms with Gasteiger partial charge in [-0.3, -0.25) is 4.90 Å². The van der Waals surface area contributed by atoms with E-state index >= 15 is 0 Å². The molecule has 1 aliphatic rings. The maximum atomic E-state index is 4.39. The number of hydrogen-bond acceptors (Lipinski definition) is 3. The first-order valence-electron chi connectivity index (χ1n) is 7.20. The number of rotatable bonds is 4. The van der Waals surface area contributed by atoms with Crippen molar-refractivity contribution in [1.82, 2.24) is 19.8 Å². The fraction of sp³-hybridized carbons (Fsp3) is 0.438. The summed E-state index contributed by atoms with van der Waals surface area (Å²) in [6.07, 6.45) is 4.99. The third-order valence-electron chi connectivity index (χ3n) is 4.04. The van der Waals surface area contributed by atoms with E-state index < -0.39 is 0 Å². The molecule has 106 valence electrons. The van der Waals surface area contributed by atoms with Gasteiger partial charge < -0.3 is 9.88 Å². The summed E-state index contributed by atoms with van der Waals surface area (Å²) in [6, 6.07) is 9.20. The number of fused-ring (bicyclic) bond motifs is 1. The molecule has 0 amide bonds. The molecule has 0 bridgehead atoms. The number of likely N-dealkylation sites (N-methyl/N-ethyl adjacent to an activating group) is 1. The molecule has 1 aromatic heterocycles. The third kappa shape index (κ3) is 2.76. The van der Waals surface area contributed by atoms with E-state index in [1.165, 1.54) is 11.1 Å². The van der Waals surface area contributed by atoms with Gasteiger partial charge in [0.15, 0.2) is 0 Å². The van der Waals surface area contributed by atoms with Crippen LogP contribution in [0.2, 0.25) is 0 Å². The molecule has 3 rings (SSSR count). The number of aryl methyl sites for hydroxylation is 1. The smallest absolute Gasteiger partial charge is 0.122 e. The van der Waals surface area contributed by atoms with Crippen molar-refractivity contribution in [3.63, 3.8) is 0 Å². The van der Waals surface area contributed by atoms with Crippen molar-refractivity contribution in [3.8, 4) is 0 Å². The Bertz CT molecular complexity index is 575. The molecule has 20 heavy (non-hydrogen) atoms. The Morgan fingerprint density at radius 3 is 3.05 bits per heavy atom. The van der Waals surface area contributed by atoms with Gasteiger partial charge in [0.1, 0.15) is 5.82 Å². The Morgan fingerprint density at radius 2 is 2.25 bits per heavy atom. The topological polar surface area (TPSA) is 33.1 Å². The summed E-state index contributed by atoms with van der Waals surface area (Å²) in [6.45, 7) is 2.95. The predicted molar refractivity (Wildman–Crippen MR) is 80.4 cm³/mol. The molecule has 0 radical (unpaired) electrons. The highest BCUT2D eigenvalue weighted by molar-refractivity contribution is 5.32. The Kier molecular flexibility index (Phi) is 3.85. The monoisotopic (exact) mass is 270 g/mol. The van der Waals surface area contributed by atoms with Crippen LogP contribution in [0.3, 0.4) is 0 Å². The molecule has 4 heteroatoms. The van der Waals surface area contributed by atoms with Crippen molar-refractivity contribution >= 4 is 0 Å². The minimum atomic E-state index is 0.421. The first-order chi connectivity index (χ1) is 9.74. The van der Waals surface area contributed by atoms with Gasteiger partial charge in [0.25, 0.3) is 0 Å². The molecule has 1 N–H and O–H groups in total. The van der Waals surface area contributed by atoms with E-state index in [1.54, 1.807) is 0 Å². The molecule has 2 aromatic rings. The van der Waals surface area contributed by atoms with Crippen LogP contribution in [0.25, 0.3) is 0 Å². The van der Waals surface area contributed by atoms with Gasteiger partial charge in [0.2, 0.25) is 0 Å². The summed E-state index contributed by atoms with van der Waals surface area (Å²) in [5.41, 5.74) is 2.94. The fourth-order valence-electron chi connectivity index (χ4n) is 2.92. The average Bonchev–Trinajstić information content (AvgIpc) is 2.85. The minimum absolute atomic E-state index is 0.421. The Labute approximate surface area is 120 Å². The summed E-state index contributed by atoms with van der Waals surface area (Å²) in [4.78, 5) is 6.73. The number of hydrogen-bond donors (Lipinski definition) is 1. The Hall–Kier alpha value is -1.65. The van der Waals surface area contributed by atoms with E-state index in [-0.39, 0.29) is 0 Å². The van der Waals surface area contributed by atoms with Gasteiger partial charge in [0.05, 0.1) is 6.54 Å². The largest absolute Gasteiger partial charge is 0.337 e. The van der Waals surface area contributed by atoms with E-state index in [4.69, 9.17) is 0 Å². The zero-order valence-electron chi connectivity index (χ0n) is 12.2. The van der Waals surface area contributed by atoms with Crippen molar-refractivity contribution in [1.29, 1.82) is 0 Å². The number of benzene rings is 1. The molecular formula is C16H22N4. The summed E-state index contributed by atoms with van der Waals surface area (Å²) < 4.78 is 2.08. The lowest BCUT2D eigenvalue weighted by molar-refractivity contribution is 0.270. The van der Waals surface area contributed by atoms with Crippen LogP contribution < -0.4 is 5.32 Å². The molecule has 0 spiro atoms.